The van der Waals surface area contributed by atoms with Crippen molar-refractivity contribution in [2.45, 2.75) is 78.6 Å². The van der Waals surface area contributed by atoms with Crippen molar-refractivity contribution in [2.24, 2.45) is 40.7 Å². The molecule has 4 unspecified atom stereocenters. The summed E-state index contributed by atoms with van der Waals surface area (Å²) in [7, 11) is 0. The second-order valence-corrected chi connectivity index (χ2v) is 8.38. The second kappa shape index (κ2) is 21.5. The number of carbonyl (C=O) groups is 4. The summed E-state index contributed by atoms with van der Waals surface area (Å²) in [4.78, 5) is 39.9. The van der Waals surface area contributed by atoms with E-state index in [9.17, 15) is 19.2 Å². The van der Waals surface area contributed by atoms with Crippen LogP contribution in [0.1, 0.15) is 54.4 Å². The standard InChI is InChI=1S/2C6H13NO2.C5H11NO2.C3H7NO3/c2*1-4(2)3-5(7)6(8)9;1-3(2)4(6)5(7)8;4-2(1-5)3(6)7/h2*4-5H,3,7H2,1-2H3,(H,8,9);3-4H,6H2,1-2H3,(H,7,8);2,5H,1,4H2,(H,6,7). The van der Waals surface area contributed by atoms with Gasteiger partial charge in [-0.2, -0.15) is 0 Å². The van der Waals surface area contributed by atoms with E-state index >= 15 is 0 Å². The summed E-state index contributed by atoms with van der Waals surface area (Å²) < 4.78 is 0. The first-order valence-electron chi connectivity index (χ1n) is 10.4. The number of aliphatic hydroxyl groups excluding tert-OH is 1. The van der Waals surface area contributed by atoms with Crippen molar-refractivity contribution < 1.29 is 44.7 Å². The Morgan fingerprint density at radius 3 is 0.879 bits per heavy atom. The summed E-state index contributed by atoms with van der Waals surface area (Å²) >= 11 is 0. The number of carboxylic acid groups (broad SMARTS) is 4. The van der Waals surface area contributed by atoms with Crippen molar-refractivity contribution >= 4 is 23.9 Å². The van der Waals surface area contributed by atoms with E-state index in [0.717, 1.165) is 0 Å². The van der Waals surface area contributed by atoms with Crippen LogP contribution in [0.4, 0.5) is 0 Å². The lowest BCUT2D eigenvalue weighted by Gasteiger charge is -2.07. The van der Waals surface area contributed by atoms with Crippen molar-refractivity contribution in [3.8, 4) is 0 Å². The number of aliphatic carboxylic acids is 4. The fraction of sp³-hybridized carbons (Fsp3) is 0.800. The number of nitrogens with two attached hydrogens (primary N) is 4. The highest BCUT2D eigenvalue weighted by Crippen LogP contribution is 2.02. The van der Waals surface area contributed by atoms with E-state index in [-0.39, 0.29) is 5.92 Å². The van der Waals surface area contributed by atoms with Gasteiger partial charge >= 0.3 is 23.9 Å². The zero-order chi connectivity index (χ0) is 27.5. The molecule has 0 rings (SSSR count). The molecule has 0 aliphatic rings. The van der Waals surface area contributed by atoms with Gasteiger partial charge in [-0.05, 0) is 30.6 Å². The normalized spacial score (nSPS) is 13.8. The number of hydrogen-bond acceptors (Lipinski definition) is 9. The van der Waals surface area contributed by atoms with Gasteiger partial charge in [0.2, 0.25) is 0 Å². The lowest BCUT2D eigenvalue weighted by molar-refractivity contribution is -0.140. The average molecular weight is 485 g/mol. The van der Waals surface area contributed by atoms with E-state index in [1.54, 1.807) is 13.8 Å². The van der Waals surface area contributed by atoms with Gasteiger partial charge in [0.15, 0.2) is 0 Å². The summed E-state index contributed by atoms with van der Waals surface area (Å²) in [5.41, 5.74) is 20.4. The predicted molar refractivity (Wildman–Crippen MR) is 123 cm³/mol. The first-order chi connectivity index (χ1) is 14.8. The third kappa shape index (κ3) is 29.7. The Bertz CT molecular complexity index is 532. The minimum Gasteiger partial charge on any atom is -0.480 e. The van der Waals surface area contributed by atoms with Gasteiger partial charge in [0.25, 0.3) is 0 Å². The van der Waals surface area contributed by atoms with Crippen molar-refractivity contribution in [1.29, 1.82) is 0 Å². The predicted octanol–water partition coefficient (Wildman–Crippen LogP) is -0.666. The molecule has 0 aliphatic heterocycles. The van der Waals surface area contributed by atoms with Crippen LogP contribution in [0.5, 0.6) is 0 Å². The van der Waals surface area contributed by atoms with Gasteiger partial charge in [-0.25, -0.2) is 0 Å². The van der Waals surface area contributed by atoms with E-state index in [1.165, 1.54) is 0 Å². The lowest BCUT2D eigenvalue weighted by Crippen LogP contribution is -2.34. The molecule has 0 spiro atoms. The van der Waals surface area contributed by atoms with Crippen molar-refractivity contribution in [2.75, 3.05) is 6.61 Å². The summed E-state index contributed by atoms with van der Waals surface area (Å²) in [5.74, 6) is -3.20. The molecule has 0 saturated carbocycles. The quantitative estimate of drug-likeness (QED) is 0.186. The molecule has 0 radical (unpaired) electrons. The Hall–Kier alpha value is -2.32. The molecule has 13 heteroatoms. The van der Waals surface area contributed by atoms with Crippen LogP contribution in [0.15, 0.2) is 0 Å². The van der Waals surface area contributed by atoms with Gasteiger partial charge in [-0.3, -0.25) is 19.2 Å². The van der Waals surface area contributed by atoms with Gasteiger partial charge in [0.1, 0.15) is 24.2 Å². The Morgan fingerprint density at radius 2 is 0.848 bits per heavy atom. The molecule has 0 saturated heterocycles. The molecule has 0 aliphatic carbocycles. The highest BCUT2D eigenvalue weighted by molar-refractivity contribution is 5.74. The topological polar surface area (TPSA) is 274 Å². The Labute approximate surface area is 195 Å². The van der Waals surface area contributed by atoms with E-state index < -0.39 is 54.7 Å². The molecule has 0 aromatic rings. The number of aliphatic hydroxyl groups is 1. The van der Waals surface area contributed by atoms with Crippen molar-refractivity contribution in [3.05, 3.63) is 0 Å². The second-order valence-electron chi connectivity index (χ2n) is 8.38. The zero-order valence-corrected chi connectivity index (χ0v) is 20.3. The molecule has 0 heterocycles. The molecule has 0 bridgehead atoms. The molecular formula is C20H44N4O9. The van der Waals surface area contributed by atoms with Crippen LogP contribution in [0.2, 0.25) is 0 Å². The molecule has 33 heavy (non-hydrogen) atoms. The van der Waals surface area contributed by atoms with Gasteiger partial charge in [-0.1, -0.05) is 41.5 Å². The number of carboxylic acids is 4. The Morgan fingerprint density at radius 1 is 0.576 bits per heavy atom. The average Bonchev–Trinajstić information content (AvgIpc) is 2.66. The monoisotopic (exact) mass is 484 g/mol. The fourth-order valence-electron chi connectivity index (χ4n) is 1.58. The van der Waals surface area contributed by atoms with Gasteiger partial charge in [0, 0.05) is 0 Å². The number of rotatable bonds is 10. The summed E-state index contributed by atoms with van der Waals surface area (Å²) in [6.45, 7) is 10.8. The zero-order valence-electron chi connectivity index (χ0n) is 20.3. The summed E-state index contributed by atoms with van der Waals surface area (Å²) in [6, 6.07) is -3.22. The van der Waals surface area contributed by atoms with Gasteiger partial charge in [-0.15, -0.1) is 0 Å². The molecule has 0 aromatic carbocycles. The molecule has 13 nitrogen and oxygen atoms in total. The largest absolute Gasteiger partial charge is 0.480 e. The minimum absolute atomic E-state index is 0.0208. The van der Waals surface area contributed by atoms with Crippen LogP contribution in [-0.2, 0) is 19.2 Å². The molecule has 198 valence electrons. The maximum absolute atomic E-state index is 10.1. The van der Waals surface area contributed by atoms with Crippen LogP contribution in [0.25, 0.3) is 0 Å². The Balaban J connectivity index is -0.000000171. The highest BCUT2D eigenvalue weighted by atomic mass is 16.4. The molecule has 0 fully saturated rings. The van der Waals surface area contributed by atoms with Crippen LogP contribution in [0.3, 0.4) is 0 Å². The van der Waals surface area contributed by atoms with E-state index in [0.29, 0.717) is 24.7 Å². The van der Waals surface area contributed by atoms with Crippen LogP contribution >= 0.6 is 0 Å². The lowest BCUT2D eigenvalue weighted by atomic mass is 10.1. The first kappa shape index (κ1) is 38.0. The third-order valence-corrected chi connectivity index (χ3v) is 3.60. The van der Waals surface area contributed by atoms with E-state index in [2.05, 4.69) is 0 Å². The molecule has 0 aromatic heterocycles. The van der Waals surface area contributed by atoms with E-state index in [4.69, 9.17) is 48.5 Å². The smallest absolute Gasteiger partial charge is 0.322 e. The molecular weight excluding hydrogens is 440 g/mol. The molecule has 4 atom stereocenters. The van der Waals surface area contributed by atoms with Crippen LogP contribution in [-0.4, -0.2) is 80.2 Å². The third-order valence-electron chi connectivity index (χ3n) is 3.60. The molecule has 0 amide bonds. The maximum atomic E-state index is 10.1. The maximum Gasteiger partial charge on any atom is 0.322 e. The summed E-state index contributed by atoms with van der Waals surface area (Å²) in [6.07, 6.45) is 1.10. The number of hydrogen-bond donors (Lipinski definition) is 9. The SMILES string of the molecule is CC(C)C(N)C(=O)O.CC(C)CC(N)C(=O)O.CC(C)CC(N)C(=O)O.NC(CO)C(=O)O. The van der Waals surface area contributed by atoms with Crippen molar-refractivity contribution in [1.82, 2.24) is 0 Å². The van der Waals surface area contributed by atoms with E-state index in [1.807, 2.05) is 27.7 Å². The highest BCUT2D eigenvalue weighted by Gasteiger charge is 2.14. The molecule has 13 N–H and O–H groups in total. The van der Waals surface area contributed by atoms with Gasteiger partial charge in [0.05, 0.1) is 6.61 Å². The minimum atomic E-state index is -1.18. The van der Waals surface area contributed by atoms with Crippen LogP contribution in [0, 0.1) is 17.8 Å². The summed E-state index contributed by atoms with van der Waals surface area (Å²) in [5, 5.41) is 40.7. The Kier molecular flexibility index (Phi) is 24.8. The van der Waals surface area contributed by atoms with Crippen molar-refractivity contribution in [3.63, 3.8) is 0 Å². The fourth-order valence-corrected chi connectivity index (χ4v) is 1.58. The van der Waals surface area contributed by atoms with Crippen LogP contribution < -0.4 is 22.9 Å². The van der Waals surface area contributed by atoms with Gasteiger partial charge < -0.3 is 48.5 Å². The first-order valence-corrected chi connectivity index (χ1v) is 10.4.